The second-order valence-electron chi connectivity index (χ2n) is 7.54. The smallest absolute Gasteiger partial charge is 0.359 e. The summed E-state index contributed by atoms with van der Waals surface area (Å²) in [6.45, 7) is 0.833. The van der Waals surface area contributed by atoms with Gasteiger partial charge in [0.25, 0.3) is 0 Å². The van der Waals surface area contributed by atoms with Crippen LogP contribution in [-0.2, 0) is 6.54 Å². The molecule has 11 heteroatoms. The normalized spacial score (nSPS) is 17.4. The Balaban J connectivity index is 1.45. The SMILES string of the molecule is CCN(CC(F)(F)F)C1=CN2C1=NC2c1nn(Cc2ccccc2F)c2ncc(F)cc12. The van der Waals surface area contributed by atoms with Gasteiger partial charge in [-0.3, -0.25) is 0 Å². The van der Waals surface area contributed by atoms with Gasteiger partial charge in [-0.05, 0) is 19.1 Å². The summed E-state index contributed by atoms with van der Waals surface area (Å²) in [5.41, 5.74) is 1.57. The lowest BCUT2D eigenvalue weighted by Crippen LogP contribution is -2.53. The molecule has 5 rings (SSSR count). The van der Waals surface area contributed by atoms with E-state index in [1.807, 2.05) is 0 Å². The van der Waals surface area contributed by atoms with Crippen LogP contribution in [0, 0.1) is 11.6 Å². The third kappa shape index (κ3) is 3.37. The second kappa shape index (κ2) is 7.28. The molecule has 0 spiro atoms. The van der Waals surface area contributed by atoms with Crippen LogP contribution in [0.15, 0.2) is 53.4 Å². The van der Waals surface area contributed by atoms with Crippen molar-refractivity contribution in [3.63, 3.8) is 0 Å². The number of halogens is 5. The lowest BCUT2D eigenvalue weighted by molar-refractivity contribution is -0.141. The van der Waals surface area contributed by atoms with Gasteiger partial charge >= 0.3 is 6.18 Å². The van der Waals surface area contributed by atoms with Crippen molar-refractivity contribution in [3.05, 3.63) is 71.3 Å². The van der Waals surface area contributed by atoms with E-state index >= 15 is 0 Å². The molecular formula is C21H17F5N6. The molecule has 0 radical (unpaired) electrons. The summed E-state index contributed by atoms with van der Waals surface area (Å²) in [5, 5.41) is 4.92. The Labute approximate surface area is 179 Å². The van der Waals surface area contributed by atoms with Crippen LogP contribution in [0.3, 0.4) is 0 Å². The van der Waals surface area contributed by atoms with Gasteiger partial charge in [-0.25, -0.2) is 23.4 Å². The number of benzene rings is 1. The summed E-state index contributed by atoms with van der Waals surface area (Å²) in [4.78, 5) is 11.4. The molecule has 1 aromatic carbocycles. The van der Waals surface area contributed by atoms with E-state index in [4.69, 9.17) is 0 Å². The molecule has 0 fully saturated rings. The van der Waals surface area contributed by atoms with Crippen LogP contribution in [0.2, 0.25) is 0 Å². The first kappa shape index (κ1) is 20.4. The number of alkyl halides is 3. The lowest BCUT2D eigenvalue weighted by Gasteiger charge is -2.47. The monoisotopic (exact) mass is 448 g/mol. The maximum absolute atomic E-state index is 14.1. The highest BCUT2D eigenvalue weighted by atomic mass is 19.4. The number of nitrogens with zero attached hydrogens (tertiary/aromatic N) is 6. The molecule has 2 aliphatic heterocycles. The molecule has 32 heavy (non-hydrogen) atoms. The van der Waals surface area contributed by atoms with E-state index in [0.29, 0.717) is 33.8 Å². The third-order valence-electron chi connectivity index (χ3n) is 5.44. The predicted octanol–water partition coefficient (Wildman–Crippen LogP) is 4.21. The van der Waals surface area contributed by atoms with Gasteiger partial charge in [-0.15, -0.1) is 0 Å². The third-order valence-corrected chi connectivity index (χ3v) is 5.44. The fourth-order valence-corrected chi connectivity index (χ4v) is 3.90. The molecule has 0 saturated heterocycles. The van der Waals surface area contributed by atoms with E-state index in [1.165, 1.54) is 21.7 Å². The van der Waals surface area contributed by atoms with Crippen molar-refractivity contribution < 1.29 is 22.0 Å². The average Bonchev–Trinajstić information content (AvgIpc) is 3.06. The molecule has 0 aliphatic carbocycles. The maximum atomic E-state index is 14.1. The highest BCUT2D eigenvalue weighted by Gasteiger charge is 2.45. The van der Waals surface area contributed by atoms with Gasteiger partial charge in [0.15, 0.2) is 17.6 Å². The van der Waals surface area contributed by atoms with E-state index < -0.39 is 30.5 Å². The first-order valence-corrected chi connectivity index (χ1v) is 9.90. The number of aromatic nitrogens is 3. The first-order valence-electron chi connectivity index (χ1n) is 9.90. The van der Waals surface area contributed by atoms with Crippen molar-refractivity contribution in [3.8, 4) is 0 Å². The highest BCUT2D eigenvalue weighted by Crippen LogP contribution is 2.43. The minimum absolute atomic E-state index is 0.0847. The van der Waals surface area contributed by atoms with Gasteiger partial charge in [0.2, 0.25) is 0 Å². The Morgan fingerprint density at radius 1 is 1.16 bits per heavy atom. The topological polar surface area (TPSA) is 49.5 Å². The molecule has 4 heterocycles. The number of hydrogen-bond donors (Lipinski definition) is 0. The van der Waals surface area contributed by atoms with Crippen LogP contribution in [0.5, 0.6) is 0 Å². The van der Waals surface area contributed by atoms with E-state index in [2.05, 4.69) is 15.1 Å². The molecular weight excluding hydrogens is 431 g/mol. The largest absolute Gasteiger partial charge is 0.405 e. The fraction of sp³-hybridized carbons (Fsp3) is 0.286. The number of aliphatic imine (C=N–C) groups is 1. The van der Waals surface area contributed by atoms with Crippen molar-refractivity contribution in [1.82, 2.24) is 24.6 Å². The van der Waals surface area contributed by atoms with Gasteiger partial charge in [0.05, 0.1) is 18.4 Å². The number of fused-ring (bicyclic) bond motifs is 2. The molecule has 1 atom stereocenters. The molecule has 2 aromatic heterocycles. The summed E-state index contributed by atoms with van der Waals surface area (Å²) in [6.07, 6.45) is -2.30. The van der Waals surface area contributed by atoms with Crippen LogP contribution >= 0.6 is 0 Å². The molecule has 1 unspecified atom stereocenters. The molecule has 0 saturated carbocycles. The van der Waals surface area contributed by atoms with Crippen molar-refractivity contribution in [2.75, 3.05) is 13.1 Å². The number of pyridine rings is 1. The van der Waals surface area contributed by atoms with Crippen LogP contribution in [0.1, 0.15) is 24.3 Å². The van der Waals surface area contributed by atoms with E-state index in [9.17, 15) is 22.0 Å². The maximum Gasteiger partial charge on any atom is 0.405 e. The molecule has 3 aromatic rings. The number of hydrogen-bond acceptors (Lipinski definition) is 5. The summed E-state index contributed by atoms with van der Waals surface area (Å²) in [6, 6.07) is 7.52. The van der Waals surface area contributed by atoms with Crippen molar-refractivity contribution >= 4 is 16.9 Å². The molecule has 6 nitrogen and oxygen atoms in total. The van der Waals surface area contributed by atoms with E-state index in [1.54, 1.807) is 36.2 Å². The quantitative estimate of drug-likeness (QED) is 0.531. The lowest BCUT2D eigenvalue weighted by atomic mass is 10.1. The summed E-state index contributed by atoms with van der Waals surface area (Å²) in [7, 11) is 0. The Kier molecular flexibility index (Phi) is 4.64. The molecule has 2 aliphatic rings. The zero-order valence-electron chi connectivity index (χ0n) is 16.8. The van der Waals surface area contributed by atoms with Gasteiger partial charge in [-0.2, -0.15) is 18.3 Å². The number of likely N-dealkylation sites (N-methyl/N-ethyl adjacent to an activating group) is 1. The standard InChI is InChI=1S/C21H17F5N6/c1-2-30(11-21(24,25)26)16-10-31-19(16)28-20(31)17-14-7-13(22)8-27-18(14)32(29-17)9-12-5-3-4-6-15(12)23/h3-8,10,20H,2,9,11H2,1H3. The minimum Gasteiger partial charge on any atom is -0.359 e. The molecule has 166 valence electrons. The van der Waals surface area contributed by atoms with Crippen molar-refractivity contribution in [2.45, 2.75) is 25.8 Å². The molecule has 0 bridgehead atoms. The molecule has 0 N–H and O–H groups in total. The zero-order chi connectivity index (χ0) is 22.6. The first-order chi connectivity index (χ1) is 15.2. The average molecular weight is 448 g/mol. The summed E-state index contributed by atoms with van der Waals surface area (Å²) >= 11 is 0. The van der Waals surface area contributed by atoms with Gasteiger partial charge < -0.3 is 9.80 Å². The van der Waals surface area contributed by atoms with Crippen molar-refractivity contribution in [2.24, 2.45) is 4.99 Å². The van der Waals surface area contributed by atoms with Gasteiger partial charge in [0, 0.05) is 23.7 Å². The summed E-state index contributed by atoms with van der Waals surface area (Å²) < 4.78 is 68.0. The number of amidine groups is 1. The Hall–Kier alpha value is -3.50. The number of rotatable bonds is 6. The fourth-order valence-electron chi connectivity index (χ4n) is 3.90. The van der Waals surface area contributed by atoms with Crippen LogP contribution in [-0.4, -0.2) is 49.7 Å². The Morgan fingerprint density at radius 2 is 1.94 bits per heavy atom. The van der Waals surface area contributed by atoms with Crippen LogP contribution in [0.4, 0.5) is 22.0 Å². The van der Waals surface area contributed by atoms with Crippen LogP contribution in [0.25, 0.3) is 11.0 Å². The van der Waals surface area contributed by atoms with Gasteiger partial charge in [0.1, 0.15) is 23.9 Å². The predicted molar refractivity (Wildman–Crippen MR) is 106 cm³/mol. The molecule has 0 amide bonds. The van der Waals surface area contributed by atoms with Crippen molar-refractivity contribution in [1.29, 1.82) is 0 Å². The van der Waals surface area contributed by atoms with Crippen LogP contribution < -0.4 is 0 Å². The highest BCUT2D eigenvalue weighted by molar-refractivity contribution is 6.07. The van der Waals surface area contributed by atoms with E-state index in [0.717, 1.165) is 6.20 Å². The Bertz CT molecular complexity index is 1260. The minimum atomic E-state index is -4.33. The Morgan fingerprint density at radius 3 is 2.59 bits per heavy atom. The zero-order valence-corrected chi connectivity index (χ0v) is 16.8. The van der Waals surface area contributed by atoms with Gasteiger partial charge in [-0.1, -0.05) is 18.2 Å². The second-order valence-corrected chi connectivity index (χ2v) is 7.54. The summed E-state index contributed by atoms with van der Waals surface area (Å²) in [5.74, 6) is -0.527. The van der Waals surface area contributed by atoms with E-state index in [-0.39, 0.29) is 13.1 Å².